The van der Waals surface area contributed by atoms with Gasteiger partial charge in [-0.2, -0.15) is 26.8 Å². The monoisotopic (exact) mass is 306 g/mol. The molecule has 3 rings (SSSR count). The van der Waals surface area contributed by atoms with Crippen molar-refractivity contribution in [3.05, 3.63) is 6.20 Å². The van der Waals surface area contributed by atoms with Gasteiger partial charge >= 0.3 is 0 Å². The number of nitrogens with one attached hydrogen (secondary N) is 3. The highest BCUT2D eigenvalue weighted by molar-refractivity contribution is 7.99. The van der Waals surface area contributed by atoms with Crippen LogP contribution in [0.4, 0.5) is 11.8 Å². The van der Waals surface area contributed by atoms with Gasteiger partial charge in [0.1, 0.15) is 5.82 Å². The fourth-order valence-electron chi connectivity index (χ4n) is 2.86. The van der Waals surface area contributed by atoms with Crippen molar-refractivity contribution >= 4 is 34.6 Å². The van der Waals surface area contributed by atoms with Crippen LogP contribution in [0.25, 0.3) is 11.0 Å². The lowest BCUT2D eigenvalue weighted by Crippen LogP contribution is -2.27. The molecular formula is C14H22N6S. The Labute approximate surface area is 128 Å². The van der Waals surface area contributed by atoms with E-state index in [0.29, 0.717) is 17.2 Å². The molecule has 0 radical (unpaired) electrons. The number of anilines is 2. The van der Waals surface area contributed by atoms with Crippen LogP contribution in [0.1, 0.15) is 33.1 Å². The van der Waals surface area contributed by atoms with Gasteiger partial charge in [-0.25, -0.2) is 0 Å². The highest BCUT2D eigenvalue weighted by Gasteiger charge is 2.28. The Kier molecular flexibility index (Phi) is 4.48. The van der Waals surface area contributed by atoms with E-state index >= 15 is 0 Å². The minimum absolute atomic E-state index is 0.484. The lowest BCUT2D eigenvalue weighted by molar-refractivity contribution is 0.763. The summed E-state index contributed by atoms with van der Waals surface area (Å²) in [5, 5.41) is 15.5. The number of aromatic amines is 1. The second-order valence-corrected chi connectivity index (χ2v) is 6.75. The first-order chi connectivity index (χ1) is 10.3. The predicted octanol–water partition coefficient (Wildman–Crippen LogP) is 2.87. The summed E-state index contributed by atoms with van der Waals surface area (Å²) in [6.45, 7) is 5.07. The number of rotatable bonds is 6. The third kappa shape index (κ3) is 3.07. The van der Waals surface area contributed by atoms with Crippen molar-refractivity contribution < 1.29 is 0 Å². The molecule has 2 atom stereocenters. The summed E-state index contributed by atoms with van der Waals surface area (Å²) in [6, 6.07) is 0.484. The maximum atomic E-state index is 4.62. The van der Waals surface area contributed by atoms with Crippen molar-refractivity contribution in [3.8, 4) is 0 Å². The van der Waals surface area contributed by atoms with Crippen molar-refractivity contribution in [3.63, 3.8) is 0 Å². The first-order valence-electron chi connectivity index (χ1n) is 7.65. The van der Waals surface area contributed by atoms with Crippen molar-refractivity contribution in [2.75, 3.05) is 22.9 Å². The molecule has 0 aromatic carbocycles. The predicted molar refractivity (Wildman–Crippen MR) is 89.0 cm³/mol. The molecule has 0 bridgehead atoms. The second kappa shape index (κ2) is 6.51. The van der Waals surface area contributed by atoms with Gasteiger partial charge in [-0.05, 0) is 25.5 Å². The van der Waals surface area contributed by atoms with Gasteiger partial charge < -0.3 is 10.6 Å². The van der Waals surface area contributed by atoms with Gasteiger partial charge in [-0.1, -0.05) is 13.3 Å². The molecule has 0 amide bonds. The van der Waals surface area contributed by atoms with Crippen molar-refractivity contribution in [1.82, 2.24) is 20.2 Å². The molecule has 2 aromatic heterocycles. The molecule has 1 aliphatic carbocycles. The van der Waals surface area contributed by atoms with Crippen molar-refractivity contribution in [2.45, 2.75) is 44.4 Å². The van der Waals surface area contributed by atoms with Crippen LogP contribution in [0.3, 0.4) is 0 Å². The van der Waals surface area contributed by atoms with Crippen LogP contribution in [0.2, 0.25) is 0 Å². The zero-order valence-electron chi connectivity index (χ0n) is 12.5. The molecule has 3 N–H and O–H groups in total. The van der Waals surface area contributed by atoms with E-state index in [9.17, 15) is 0 Å². The Morgan fingerprint density at radius 3 is 3.05 bits per heavy atom. The number of nitrogens with zero attached hydrogens (tertiary/aromatic N) is 3. The van der Waals surface area contributed by atoms with Gasteiger partial charge in [-0.3, -0.25) is 5.10 Å². The number of aromatic nitrogens is 4. The van der Waals surface area contributed by atoms with Gasteiger partial charge in [0.25, 0.3) is 0 Å². The standard InChI is InChI=1S/C14H22N6S/c1-3-15-14-18-12(9-8-16-20-13(9)19-14)17-10-6-5-7-11(10)21-4-2/h8,10-11H,3-7H2,1-2H3,(H3,15,16,17,18,19,20). The van der Waals surface area contributed by atoms with Gasteiger partial charge in [-0.15, -0.1) is 0 Å². The number of fused-ring (bicyclic) bond motifs is 1. The van der Waals surface area contributed by atoms with Gasteiger partial charge in [0.15, 0.2) is 5.65 Å². The lowest BCUT2D eigenvalue weighted by Gasteiger charge is -2.21. The zero-order chi connectivity index (χ0) is 14.7. The van der Waals surface area contributed by atoms with Crippen LogP contribution in [-0.2, 0) is 0 Å². The molecule has 2 heterocycles. The van der Waals surface area contributed by atoms with E-state index < -0.39 is 0 Å². The highest BCUT2D eigenvalue weighted by Crippen LogP contribution is 2.33. The minimum atomic E-state index is 0.484. The molecule has 0 saturated heterocycles. The van der Waals surface area contributed by atoms with Gasteiger partial charge in [0.05, 0.1) is 11.6 Å². The second-order valence-electron chi connectivity index (χ2n) is 5.23. The molecule has 1 aliphatic rings. The topological polar surface area (TPSA) is 78.5 Å². The molecule has 0 spiro atoms. The molecular weight excluding hydrogens is 284 g/mol. The third-order valence-corrected chi connectivity index (χ3v) is 5.13. The SMILES string of the molecule is CCNc1nc(NC2CCCC2SCC)c2cn[nH]c2n1. The van der Waals surface area contributed by atoms with Gasteiger partial charge in [0.2, 0.25) is 5.95 Å². The van der Waals surface area contributed by atoms with E-state index in [4.69, 9.17) is 0 Å². The number of hydrogen-bond acceptors (Lipinski definition) is 6. The van der Waals surface area contributed by atoms with E-state index in [0.717, 1.165) is 29.1 Å². The van der Waals surface area contributed by atoms with Crippen LogP contribution < -0.4 is 10.6 Å². The fraction of sp³-hybridized carbons (Fsp3) is 0.643. The molecule has 114 valence electrons. The van der Waals surface area contributed by atoms with Crippen LogP contribution >= 0.6 is 11.8 Å². The van der Waals surface area contributed by atoms with Gasteiger partial charge in [0, 0.05) is 17.8 Å². The lowest BCUT2D eigenvalue weighted by atomic mass is 10.2. The summed E-state index contributed by atoms with van der Waals surface area (Å²) in [5.41, 5.74) is 0.779. The molecule has 7 heteroatoms. The molecule has 1 fully saturated rings. The zero-order valence-corrected chi connectivity index (χ0v) is 13.3. The summed E-state index contributed by atoms with van der Waals surface area (Å²) in [7, 11) is 0. The van der Waals surface area contributed by atoms with Crippen LogP contribution in [0.5, 0.6) is 0 Å². The van der Waals surface area contributed by atoms with Crippen LogP contribution in [0, 0.1) is 0 Å². The van der Waals surface area contributed by atoms with Crippen molar-refractivity contribution in [2.24, 2.45) is 0 Å². The summed E-state index contributed by atoms with van der Waals surface area (Å²) in [4.78, 5) is 9.05. The minimum Gasteiger partial charge on any atom is -0.365 e. The Bertz CT molecular complexity index is 598. The molecule has 2 aromatic rings. The number of thioether (sulfide) groups is 1. The molecule has 6 nitrogen and oxygen atoms in total. The quantitative estimate of drug-likeness (QED) is 0.761. The number of H-pyrrole nitrogens is 1. The molecule has 21 heavy (non-hydrogen) atoms. The van der Waals surface area contributed by atoms with E-state index in [1.807, 2.05) is 18.7 Å². The first kappa shape index (κ1) is 14.4. The number of hydrogen-bond donors (Lipinski definition) is 3. The first-order valence-corrected chi connectivity index (χ1v) is 8.69. The summed E-state index contributed by atoms with van der Waals surface area (Å²) < 4.78 is 0. The average Bonchev–Trinajstić information content (AvgIpc) is 3.09. The molecule has 2 unspecified atom stereocenters. The molecule has 1 saturated carbocycles. The van der Waals surface area contributed by atoms with Crippen LogP contribution in [-0.4, -0.2) is 43.8 Å². The summed E-state index contributed by atoms with van der Waals surface area (Å²) in [6.07, 6.45) is 5.58. The maximum absolute atomic E-state index is 4.62. The van der Waals surface area contributed by atoms with E-state index in [1.165, 1.54) is 19.3 Å². The summed E-state index contributed by atoms with van der Waals surface area (Å²) >= 11 is 2.04. The maximum Gasteiger partial charge on any atom is 0.226 e. The largest absolute Gasteiger partial charge is 0.365 e. The smallest absolute Gasteiger partial charge is 0.226 e. The third-order valence-electron chi connectivity index (χ3n) is 3.80. The Hall–Kier alpha value is -1.50. The fourth-order valence-corrected chi connectivity index (χ4v) is 4.06. The Morgan fingerprint density at radius 2 is 2.24 bits per heavy atom. The van der Waals surface area contributed by atoms with E-state index in [1.54, 1.807) is 6.20 Å². The normalized spacial score (nSPS) is 21.8. The van der Waals surface area contributed by atoms with E-state index in [-0.39, 0.29) is 0 Å². The summed E-state index contributed by atoms with van der Waals surface area (Å²) in [5.74, 6) is 2.70. The average molecular weight is 306 g/mol. The van der Waals surface area contributed by atoms with E-state index in [2.05, 4.69) is 37.7 Å². The Balaban J connectivity index is 1.86. The molecule has 0 aliphatic heterocycles. The Morgan fingerprint density at radius 1 is 1.33 bits per heavy atom. The highest BCUT2D eigenvalue weighted by atomic mass is 32.2. The van der Waals surface area contributed by atoms with Crippen LogP contribution in [0.15, 0.2) is 6.20 Å². The van der Waals surface area contributed by atoms with Crippen molar-refractivity contribution in [1.29, 1.82) is 0 Å².